The molecule has 0 spiro atoms. The highest BCUT2D eigenvalue weighted by Gasteiger charge is 2.30. The second kappa shape index (κ2) is 5.53. The van der Waals surface area contributed by atoms with Gasteiger partial charge < -0.3 is 9.30 Å². The number of likely N-dealkylation sites (tertiary alicyclic amines) is 1. The lowest BCUT2D eigenvalue weighted by molar-refractivity contribution is -0.131. The average molecular weight is 309 g/mol. The summed E-state index contributed by atoms with van der Waals surface area (Å²) in [4.78, 5) is 19.2. The Morgan fingerprint density at radius 1 is 1.35 bits per heavy atom. The average Bonchev–Trinajstić information content (AvgIpc) is 3.24. The number of aromatic nitrogens is 4. The Morgan fingerprint density at radius 3 is 3.04 bits per heavy atom. The molecule has 3 aromatic rings. The van der Waals surface area contributed by atoms with Gasteiger partial charge in [-0.15, -0.1) is 0 Å². The molecule has 1 saturated heterocycles. The molecule has 1 aliphatic rings. The van der Waals surface area contributed by atoms with Crippen LogP contribution < -0.4 is 0 Å². The molecule has 23 heavy (non-hydrogen) atoms. The number of pyridine rings is 1. The van der Waals surface area contributed by atoms with Crippen molar-refractivity contribution in [3.05, 3.63) is 54.2 Å². The van der Waals surface area contributed by atoms with Gasteiger partial charge in [0.25, 0.3) is 0 Å². The molecule has 0 N–H and O–H groups in total. The molecule has 0 radical (unpaired) electrons. The van der Waals surface area contributed by atoms with Crippen LogP contribution in [0, 0.1) is 0 Å². The SMILES string of the molecule is Cn1cc([C@H]2CCCN2C(=O)Cc2cn3ccccc3n2)cn1. The zero-order valence-electron chi connectivity index (χ0n) is 13.1. The van der Waals surface area contributed by atoms with Gasteiger partial charge in [0, 0.05) is 37.7 Å². The van der Waals surface area contributed by atoms with Crippen LogP contribution in [0.4, 0.5) is 0 Å². The molecule has 1 amide bonds. The van der Waals surface area contributed by atoms with Crippen molar-refractivity contribution in [3.63, 3.8) is 0 Å². The minimum absolute atomic E-state index is 0.139. The first-order chi connectivity index (χ1) is 11.2. The van der Waals surface area contributed by atoms with Crippen molar-refractivity contribution in [2.24, 2.45) is 7.05 Å². The molecule has 0 aliphatic carbocycles. The zero-order valence-corrected chi connectivity index (χ0v) is 13.1. The van der Waals surface area contributed by atoms with Gasteiger partial charge in [-0.25, -0.2) is 4.98 Å². The fraction of sp³-hybridized carbons (Fsp3) is 0.353. The van der Waals surface area contributed by atoms with E-state index in [1.807, 2.05) is 59.3 Å². The van der Waals surface area contributed by atoms with Crippen molar-refractivity contribution in [1.29, 1.82) is 0 Å². The minimum Gasteiger partial charge on any atom is -0.335 e. The third kappa shape index (κ3) is 2.60. The van der Waals surface area contributed by atoms with E-state index in [4.69, 9.17) is 0 Å². The summed E-state index contributed by atoms with van der Waals surface area (Å²) in [6.45, 7) is 0.811. The fourth-order valence-corrected chi connectivity index (χ4v) is 3.35. The molecular weight excluding hydrogens is 290 g/mol. The molecule has 6 nitrogen and oxygen atoms in total. The number of nitrogens with zero attached hydrogens (tertiary/aromatic N) is 5. The first-order valence-corrected chi connectivity index (χ1v) is 7.91. The highest BCUT2D eigenvalue weighted by atomic mass is 16.2. The van der Waals surface area contributed by atoms with Gasteiger partial charge in [-0.2, -0.15) is 5.10 Å². The van der Waals surface area contributed by atoms with E-state index in [0.717, 1.165) is 36.3 Å². The van der Waals surface area contributed by atoms with Gasteiger partial charge in [-0.3, -0.25) is 9.48 Å². The molecule has 0 saturated carbocycles. The van der Waals surface area contributed by atoms with E-state index < -0.39 is 0 Å². The topological polar surface area (TPSA) is 55.4 Å². The molecule has 1 atom stereocenters. The van der Waals surface area contributed by atoms with E-state index in [1.54, 1.807) is 4.68 Å². The first kappa shape index (κ1) is 14.0. The number of fused-ring (bicyclic) bond motifs is 1. The lowest BCUT2D eigenvalue weighted by Crippen LogP contribution is -2.31. The normalized spacial score (nSPS) is 18.0. The number of hydrogen-bond acceptors (Lipinski definition) is 3. The maximum atomic E-state index is 12.7. The number of carbonyl (C=O) groups is 1. The van der Waals surface area contributed by atoms with Crippen LogP contribution in [0.1, 0.15) is 30.1 Å². The predicted molar refractivity (Wildman–Crippen MR) is 85.8 cm³/mol. The largest absolute Gasteiger partial charge is 0.335 e. The Labute approximate surface area is 134 Å². The number of amides is 1. The van der Waals surface area contributed by atoms with Crippen molar-refractivity contribution < 1.29 is 4.79 Å². The first-order valence-electron chi connectivity index (χ1n) is 7.91. The van der Waals surface area contributed by atoms with Crippen molar-refractivity contribution in [1.82, 2.24) is 24.1 Å². The van der Waals surface area contributed by atoms with Crippen LogP contribution in [0.15, 0.2) is 43.0 Å². The second-order valence-electron chi connectivity index (χ2n) is 6.07. The monoisotopic (exact) mass is 309 g/mol. The molecule has 118 valence electrons. The lowest BCUT2D eigenvalue weighted by Gasteiger charge is -2.23. The predicted octanol–water partition coefficient (Wildman–Crippen LogP) is 1.97. The number of hydrogen-bond donors (Lipinski definition) is 0. The molecule has 0 unspecified atom stereocenters. The minimum atomic E-state index is 0.139. The smallest absolute Gasteiger partial charge is 0.229 e. The summed E-state index contributed by atoms with van der Waals surface area (Å²) in [5.41, 5.74) is 2.81. The van der Waals surface area contributed by atoms with Crippen LogP contribution in [0.25, 0.3) is 5.65 Å². The summed E-state index contributed by atoms with van der Waals surface area (Å²) in [5, 5.41) is 4.23. The summed E-state index contributed by atoms with van der Waals surface area (Å²) >= 11 is 0. The molecule has 6 heteroatoms. The number of rotatable bonds is 3. The van der Waals surface area contributed by atoms with Gasteiger partial charge in [0.2, 0.25) is 5.91 Å². The standard InChI is InChI=1S/C17H19N5O/c1-20-11-13(10-18-20)15-5-4-8-22(15)17(23)9-14-12-21-7-3-2-6-16(21)19-14/h2-3,6-7,10-12,15H,4-5,8-9H2,1H3/t15-/m1/s1. The number of carbonyl (C=O) groups excluding carboxylic acids is 1. The molecule has 1 aliphatic heterocycles. The molecule has 4 heterocycles. The molecular formula is C17H19N5O. The number of aryl methyl sites for hydroxylation is 1. The maximum absolute atomic E-state index is 12.7. The van der Waals surface area contributed by atoms with Crippen LogP contribution in [-0.4, -0.2) is 36.5 Å². The third-order valence-electron chi connectivity index (χ3n) is 4.43. The van der Waals surface area contributed by atoms with E-state index in [9.17, 15) is 4.79 Å². The highest BCUT2D eigenvalue weighted by Crippen LogP contribution is 2.32. The Morgan fingerprint density at radius 2 is 2.26 bits per heavy atom. The Kier molecular flexibility index (Phi) is 3.37. The molecule has 0 aromatic carbocycles. The molecule has 1 fully saturated rings. The van der Waals surface area contributed by atoms with E-state index in [2.05, 4.69) is 10.1 Å². The van der Waals surface area contributed by atoms with Gasteiger partial charge in [0.15, 0.2) is 0 Å². The summed E-state index contributed by atoms with van der Waals surface area (Å²) in [7, 11) is 1.90. The van der Waals surface area contributed by atoms with Crippen LogP contribution in [0.3, 0.4) is 0 Å². The van der Waals surface area contributed by atoms with E-state index in [0.29, 0.717) is 6.42 Å². The lowest BCUT2D eigenvalue weighted by atomic mass is 10.1. The van der Waals surface area contributed by atoms with Crippen molar-refractivity contribution >= 4 is 11.6 Å². The molecule has 3 aromatic heterocycles. The van der Waals surface area contributed by atoms with Crippen LogP contribution in [0.2, 0.25) is 0 Å². The van der Waals surface area contributed by atoms with Crippen LogP contribution >= 0.6 is 0 Å². The van der Waals surface area contributed by atoms with Gasteiger partial charge >= 0.3 is 0 Å². The molecule has 4 rings (SSSR count). The maximum Gasteiger partial charge on any atom is 0.229 e. The summed E-state index contributed by atoms with van der Waals surface area (Å²) in [6, 6.07) is 6.00. The van der Waals surface area contributed by atoms with Crippen LogP contribution in [-0.2, 0) is 18.3 Å². The van der Waals surface area contributed by atoms with E-state index in [-0.39, 0.29) is 11.9 Å². The van der Waals surface area contributed by atoms with Crippen molar-refractivity contribution in [2.75, 3.05) is 6.54 Å². The van der Waals surface area contributed by atoms with Gasteiger partial charge in [0.1, 0.15) is 5.65 Å². The highest BCUT2D eigenvalue weighted by molar-refractivity contribution is 5.79. The fourth-order valence-electron chi connectivity index (χ4n) is 3.35. The Balaban J connectivity index is 1.53. The van der Waals surface area contributed by atoms with Gasteiger partial charge in [0.05, 0.1) is 24.4 Å². The second-order valence-corrected chi connectivity index (χ2v) is 6.07. The Hall–Kier alpha value is -2.63. The van der Waals surface area contributed by atoms with Gasteiger partial charge in [-0.05, 0) is 25.0 Å². The summed E-state index contributed by atoms with van der Waals surface area (Å²) < 4.78 is 3.74. The Bertz CT molecular complexity index is 816. The summed E-state index contributed by atoms with van der Waals surface area (Å²) in [6.07, 6.45) is 10.1. The van der Waals surface area contributed by atoms with E-state index in [1.165, 1.54) is 0 Å². The van der Waals surface area contributed by atoms with Crippen molar-refractivity contribution in [3.8, 4) is 0 Å². The third-order valence-corrected chi connectivity index (χ3v) is 4.43. The van der Waals surface area contributed by atoms with Crippen LogP contribution in [0.5, 0.6) is 0 Å². The van der Waals surface area contributed by atoms with Crippen molar-refractivity contribution in [2.45, 2.75) is 25.3 Å². The quantitative estimate of drug-likeness (QED) is 0.743. The summed E-state index contributed by atoms with van der Waals surface area (Å²) in [5.74, 6) is 0.139. The van der Waals surface area contributed by atoms with Gasteiger partial charge in [-0.1, -0.05) is 6.07 Å². The zero-order chi connectivity index (χ0) is 15.8. The number of imidazole rings is 1. The molecule has 0 bridgehead atoms. The van der Waals surface area contributed by atoms with E-state index >= 15 is 0 Å².